The smallest absolute Gasteiger partial charge is 0.404 e. The van der Waals surface area contributed by atoms with Crippen LogP contribution < -0.4 is 5.73 Å². The maximum atomic E-state index is 10.3. The Balaban J connectivity index is 2.49. The van der Waals surface area contributed by atoms with Crippen LogP contribution in [-0.4, -0.2) is 17.7 Å². The maximum Gasteiger partial charge on any atom is 0.404 e. The van der Waals surface area contributed by atoms with Crippen LogP contribution in [0, 0.1) is 0 Å². The molecular formula is C9H12N2O2. The second kappa shape index (κ2) is 4.45. The van der Waals surface area contributed by atoms with E-state index in [9.17, 15) is 4.79 Å². The Bertz CT molecular complexity index is 274. The van der Waals surface area contributed by atoms with E-state index in [1.165, 1.54) is 0 Å². The summed E-state index contributed by atoms with van der Waals surface area (Å²) < 4.78 is 4.68. The number of rotatable bonds is 3. The Morgan fingerprint density at radius 1 is 1.62 bits per heavy atom. The molecule has 1 aromatic rings. The fourth-order valence-electron chi connectivity index (χ4n) is 0.995. The number of amides is 1. The van der Waals surface area contributed by atoms with Gasteiger partial charge in [0.2, 0.25) is 0 Å². The first-order valence-corrected chi connectivity index (χ1v) is 4.02. The lowest BCUT2D eigenvalue weighted by Gasteiger charge is -2.10. The Morgan fingerprint density at radius 2 is 2.23 bits per heavy atom. The third-order valence-electron chi connectivity index (χ3n) is 1.75. The largest absolute Gasteiger partial charge is 0.449 e. The summed E-state index contributed by atoms with van der Waals surface area (Å²) in [6.07, 6.45) is 2.67. The van der Waals surface area contributed by atoms with E-state index in [1.54, 1.807) is 12.4 Å². The number of ether oxygens (including phenoxy) is 1. The minimum atomic E-state index is -0.735. The van der Waals surface area contributed by atoms with Gasteiger partial charge in [-0.05, 0) is 17.7 Å². The first kappa shape index (κ1) is 9.51. The summed E-state index contributed by atoms with van der Waals surface area (Å²) in [6, 6.07) is 3.77. The van der Waals surface area contributed by atoms with Gasteiger partial charge in [0.1, 0.15) is 0 Å². The van der Waals surface area contributed by atoms with Crippen LogP contribution in [0.2, 0.25) is 0 Å². The van der Waals surface area contributed by atoms with Crippen LogP contribution in [0.15, 0.2) is 24.5 Å². The first-order chi connectivity index (χ1) is 6.20. The summed E-state index contributed by atoms with van der Waals surface area (Å²) in [5, 5.41) is 0. The Labute approximate surface area is 76.7 Å². The summed E-state index contributed by atoms with van der Waals surface area (Å²) in [4.78, 5) is 14.2. The second-order valence-electron chi connectivity index (χ2n) is 2.81. The molecule has 1 aromatic heterocycles. The fraction of sp³-hybridized carbons (Fsp3) is 0.333. The molecule has 0 radical (unpaired) electrons. The lowest BCUT2D eigenvalue weighted by atomic mass is 10.0. The van der Waals surface area contributed by atoms with E-state index in [0.717, 1.165) is 5.56 Å². The second-order valence-corrected chi connectivity index (χ2v) is 2.81. The summed E-state index contributed by atoms with van der Waals surface area (Å²) in [5.41, 5.74) is 5.93. The van der Waals surface area contributed by atoms with E-state index in [4.69, 9.17) is 5.73 Å². The first-order valence-electron chi connectivity index (χ1n) is 4.02. The van der Waals surface area contributed by atoms with Crippen LogP contribution in [0.25, 0.3) is 0 Å². The number of primary amides is 1. The van der Waals surface area contributed by atoms with Crippen LogP contribution in [0.4, 0.5) is 4.79 Å². The van der Waals surface area contributed by atoms with Crippen LogP contribution in [0.5, 0.6) is 0 Å². The standard InChI is InChI=1S/C9H12N2O2/c1-7(6-13-9(10)12)8-2-4-11-5-3-8/h2-5,7H,6H2,1H3,(H2,10,12)/t7-/m1/s1. The molecule has 1 atom stereocenters. The van der Waals surface area contributed by atoms with Crippen molar-refractivity contribution in [3.63, 3.8) is 0 Å². The van der Waals surface area contributed by atoms with Gasteiger partial charge in [0, 0.05) is 18.3 Å². The van der Waals surface area contributed by atoms with Crippen LogP contribution in [0.3, 0.4) is 0 Å². The molecular weight excluding hydrogens is 168 g/mol. The Hall–Kier alpha value is -1.58. The molecule has 0 saturated heterocycles. The zero-order valence-electron chi connectivity index (χ0n) is 7.43. The van der Waals surface area contributed by atoms with Gasteiger partial charge in [0.25, 0.3) is 0 Å². The fourth-order valence-corrected chi connectivity index (χ4v) is 0.995. The van der Waals surface area contributed by atoms with Gasteiger partial charge >= 0.3 is 6.09 Å². The molecule has 13 heavy (non-hydrogen) atoms. The molecule has 0 unspecified atom stereocenters. The van der Waals surface area contributed by atoms with Crippen molar-refractivity contribution < 1.29 is 9.53 Å². The SMILES string of the molecule is C[C@H](COC(N)=O)c1ccncc1. The molecule has 0 aliphatic heterocycles. The highest BCUT2D eigenvalue weighted by Gasteiger charge is 2.06. The number of pyridine rings is 1. The van der Waals surface area contributed by atoms with Crippen molar-refractivity contribution in [2.24, 2.45) is 5.73 Å². The van der Waals surface area contributed by atoms with Gasteiger partial charge < -0.3 is 10.5 Å². The van der Waals surface area contributed by atoms with Crippen molar-refractivity contribution in [2.75, 3.05) is 6.61 Å². The van der Waals surface area contributed by atoms with E-state index in [2.05, 4.69) is 9.72 Å². The number of carbonyl (C=O) groups excluding carboxylic acids is 1. The van der Waals surface area contributed by atoms with Crippen molar-refractivity contribution in [1.29, 1.82) is 0 Å². The highest BCUT2D eigenvalue weighted by Crippen LogP contribution is 2.13. The van der Waals surface area contributed by atoms with Crippen molar-refractivity contribution in [1.82, 2.24) is 4.98 Å². The van der Waals surface area contributed by atoms with E-state index in [-0.39, 0.29) is 5.92 Å². The number of nitrogens with zero attached hydrogens (tertiary/aromatic N) is 1. The zero-order chi connectivity index (χ0) is 9.68. The molecule has 0 aliphatic rings. The van der Waals surface area contributed by atoms with Gasteiger partial charge in [-0.15, -0.1) is 0 Å². The van der Waals surface area contributed by atoms with Crippen molar-refractivity contribution in [3.8, 4) is 0 Å². The predicted molar refractivity (Wildman–Crippen MR) is 48.2 cm³/mol. The zero-order valence-corrected chi connectivity index (χ0v) is 7.43. The molecule has 1 amide bonds. The maximum absolute atomic E-state index is 10.3. The molecule has 0 spiro atoms. The van der Waals surface area contributed by atoms with E-state index in [1.807, 2.05) is 19.1 Å². The highest BCUT2D eigenvalue weighted by atomic mass is 16.5. The third-order valence-corrected chi connectivity index (χ3v) is 1.75. The molecule has 0 fully saturated rings. The molecule has 1 heterocycles. The quantitative estimate of drug-likeness (QED) is 0.762. The summed E-state index contributed by atoms with van der Waals surface area (Å²) in [6.45, 7) is 2.26. The van der Waals surface area contributed by atoms with Crippen LogP contribution >= 0.6 is 0 Å². The molecule has 1 rings (SSSR count). The van der Waals surface area contributed by atoms with Gasteiger partial charge in [-0.2, -0.15) is 0 Å². The molecule has 4 heteroatoms. The van der Waals surface area contributed by atoms with Gasteiger partial charge in [-0.1, -0.05) is 6.92 Å². The molecule has 4 nitrogen and oxygen atoms in total. The van der Waals surface area contributed by atoms with Gasteiger partial charge in [-0.25, -0.2) is 4.79 Å². The lowest BCUT2D eigenvalue weighted by molar-refractivity contribution is 0.151. The van der Waals surface area contributed by atoms with Gasteiger partial charge in [0.15, 0.2) is 0 Å². The van der Waals surface area contributed by atoms with Crippen LogP contribution in [0.1, 0.15) is 18.4 Å². The average molecular weight is 180 g/mol. The Morgan fingerprint density at radius 3 is 2.77 bits per heavy atom. The number of hydrogen-bond donors (Lipinski definition) is 1. The van der Waals surface area contributed by atoms with Gasteiger partial charge in [-0.3, -0.25) is 4.98 Å². The van der Waals surface area contributed by atoms with Crippen LogP contribution in [-0.2, 0) is 4.74 Å². The normalized spacial score (nSPS) is 12.1. The molecule has 0 aromatic carbocycles. The number of carbonyl (C=O) groups is 1. The molecule has 70 valence electrons. The molecule has 2 N–H and O–H groups in total. The van der Waals surface area contributed by atoms with E-state index >= 15 is 0 Å². The monoisotopic (exact) mass is 180 g/mol. The average Bonchev–Trinajstić information content (AvgIpc) is 2.15. The molecule has 0 bridgehead atoms. The van der Waals surface area contributed by atoms with Crippen molar-refractivity contribution in [3.05, 3.63) is 30.1 Å². The molecule has 0 saturated carbocycles. The van der Waals surface area contributed by atoms with Gasteiger partial charge in [0.05, 0.1) is 6.61 Å². The minimum absolute atomic E-state index is 0.149. The predicted octanol–water partition coefficient (Wildman–Crippen LogP) is 1.28. The third kappa shape index (κ3) is 3.11. The summed E-state index contributed by atoms with van der Waals surface area (Å²) in [7, 11) is 0. The minimum Gasteiger partial charge on any atom is -0.449 e. The van der Waals surface area contributed by atoms with Crippen molar-refractivity contribution >= 4 is 6.09 Å². The summed E-state index contributed by atoms with van der Waals surface area (Å²) >= 11 is 0. The van der Waals surface area contributed by atoms with Crippen molar-refractivity contribution in [2.45, 2.75) is 12.8 Å². The highest BCUT2D eigenvalue weighted by molar-refractivity contribution is 5.64. The lowest BCUT2D eigenvalue weighted by Crippen LogP contribution is -2.16. The van der Waals surface area contributed by atoms with E-state index in [0.29, 0.717) is 6.61 Å². The number of hydrogen-bond acceptors (Lipinski definition) is 3. The molecule has 0 aliphatic carbocycles. The number of nitrogens with two attached hydrogens (primary N) is 1. The summed E-state index contributed by atoms with van der Waals surface area (Å²) in [5.74, 6) is 0.149. The number of aromatic nitrogens is 1. The van der Waals surface area contributed by atoms with E-state index < -0.39 is 6.09 Å². The Kier molecular flexibility index (Phi) is 3.25. The topological polar surface area (TPSA) is 65.2 Å².